The molecule has 3 nitrogen and oxygen atoms in total. The van der Waals surface area contributed by atoms with Crippen molar-refractivity contribution in [2.45, 2.75) is 33.6 Å². The SMILES string of the molecule is CC=C(C)S(=O)(=O)[N+]1=CC(C)CCC1. The average Bonchev–Trinajstić information content (AvgIpc) is 2.16. The second kappa shape index (κ2) is 4.26. The first kappa shape index (κ1) is 11.4. The van der Waals surface area contributed by atoms with E-state index in [2.05, 4.69) is 0 Å². The number of hydrogen-bond acceptors (Lipinski definition) is 2. The Balaban J connectivity index is 3.05. The van der Waals surface area contributed by atoms with E-state index in [1.165, 1.54) is 3.98 Å². The van der Waals surface area contributed by atoms with Gasteiger partial charge in [-0.3, -0.25) is 0 Å². The molecule has 1 atom stereocenters. The minimum Gasteiger partial charge on any atom is -0.159 e. The highest BCUT2D eigenvalue weighted by atomic mass is 32.2. The molecule has 0 saturated heterocycles. The van der Waals surface area contributed by atoms with Crippen molar-refractivity contribution in [3.8, 4) is 0 Å². The highest BCUT2D eigenvalue weighted by Gasteiger charge is 2.29. The Morgan fingerprint density at radius 3 is 2.71 bits per heavy atom. The van der Waals surface area contributed by atoms with Gasteiger partial charge in [0.05, 0.1) is 0 Å². The number of allylic oxidation sites excluding steroid dienone is 2. The zero-order chi connectivity index (χ0) is 10.8. The van der Waals surface area contributed by atoms with Crippen LogP contribution >= 0.6 is 0 Å². The molecular formula is C10H18NO2S+. The summed E-state index contributed by atoms with van der Waals surface area (Å²) < 4.78 is 25.3. The monoisotopic (exact) mass is 216 g/mol. The van der Waals surface area contributed by atoms with E-state index in [-0.39, 0.29) is 0 Å². The first-order valence-corrected chi connectivity index (χ1v) is 6.42. The van der Waals surface area contributed by atoms with Gasteiger partial charge in [-0.15, -0.1) is 3.98 Å². The van der Waals surface area contributed by atoms with E-state index in [9.17, 15) is 8.42 Å². The molecule has 1 rings (SSSR count). The molecule has 14 heavy (non-hydrogen) atoms. The van der Waals surface area contributed by atoms with Crippen molar-refractivity contribution in [3.05, 3.63) is 11.0 Å². The van der Waals surface area contributed by atoms with E-state index in [4.69, 9.17) is 0 Å². The molecule has 0 radical (unpaired) electrons. The molecule has 0 spiro atoms. The lowest BCUT2D eigenvalue weighted by Crippen LogP contribution is -2.29. The first-order chi connectivity index (χ1) is 6.48. The van der Waals surface area contributed by atoms with Crippen LogP contribution < -0.4 is 0 Å². The van der Waals surface area contributed by atoms with Crippen molar-refractivity contribution in [3.63, 3.8) is 0 Å². The fourth-order valence-corrected chi connectivity index (χ4v) is 2.94. The Labute approximate surface area is 86.2 Å². The Morgan fingerprint density at radius 1 is 1.57 bits per heavy atom. The third-order valence-electron chi connectivity index (χ3n) is 2.58. The van der Waals surface area contributed by atoms with Crippen LogP contribution in [0.15, 0.2) is 11.0 Å². The quantitative estimate of drug-likeness (QED) is 0.659. The summed E-state index contributed by atoms with van der Waals surface area (Å²) in [5.74, 6) is 0.364. The van der Waals surface area contributed by atoms with Gasteiger partial charge >= 0.3 is 10.0 Å². The maximum atomic E-state index is 11.9. The number of nitrogens with zero attached hydrogens (tertiary/aromatic N) is 1. The molecule has 0 saturated carbocycles. The van der Waals surface area contributed by atoms with Gasteiger partial charge in [-0.25, -0.2) is 0 Å². The minimum absolute atomic E-state index is 0.364. The molecule has 1 heterocycles. The number of sulfonamides is 1. The van der Waals surface area contributed by atoms with Crippen LogP contribution in [-0.2, 0) is 10.0 Å². The van der Waals surface area contributed by atoms with Crippen LogP contribution in [0.3, 0.4) is 0 Å². The molecule has 1 aliphatic rings. The van der Waals surface area contributed by atoms with Gasteiger partial charge in [0, 0.05) is 12.3 Å². The normalized spacial score (nSPS) is 24.6. The van der Waals surface area contributed by atoms with Crippen LogP contribution in [0, 0.1) is 5.92 Å². The lowest BCUT2D eigenvalue weighted by molar-refractivity contribution is -0.369. The zero-order valence-corrected chi connectivity index (χ0v) is 9.84. The van der Waals surface area contributed by atoms with E-state index in [1.54, 1.807) is 19.9 Å². The molecule has 0 amide bonds. The second-order valence-electron chi connectivity index (χ2n) is 3.78. The molecule has 1 aliphatic heterocycles. The van der Waals surface area contributed by atoms with Crippen LogP contribution in [0.25, 0.3) is 0 Å². The molecular weight excluding hydrogens is 198 g/mol. The minimum atomic E-state index is -3.21. The summed E-state index contributed by atoms with van der Waals surface area (Å²) >= 11 is 0. The van der Waals surface area contributed by atoms with Crippen LogP contribution in [0.1, 0.15) is 33.6 Å². The van der Waals surface area contributed by atoms with Gasteiger partial charge in [-0.05, 0) is 20.3 Å². The van der Waals surface area contributed by atoms with Crippen molar-refractivity contribution in [2.24, 2.45) is 5.92 Å². The predicted molar refractivity (Wildman–Crippen MR) is 57.9 cm³/mol. The molecule has 0 N–H and O–H groups in total. The average molecular weight is 216 g/mol. The van der Waals surface area contributed by atoms with Gasteiger partial charge in [0.25, 0.3) is 0 Å². The Kier molecular flexibility index (Phi) is 3.48. The Hall–Kier alpha value is -0.640. The largest absolute Gasteiger partial charge is 0.390 e. The molecule has 0 aliphatic carbocycles. The van der Waals surface area contributed by atoms with Crippen LogP contribution in [0.5, 0.6) is 0 Å². The standard InChI is InChI=1S/C10H18NO2S/c1-4-10(3)14(12,13)11-7-5-6-9(2)8-11/h4,8-9H,5-7H2,1-3H3/q+1. The zero-order valence-electron chi connectivity index (χ0n) is 9.03. The van der Waals surface area contributed by atoms with Crippen LogP contribution in [0.4, 0.5) is 0 Å². The molecule has 0 fully saturated rings. The number of rotatable bonds is 2. The van der Waals surface area contributed by atoms with Crippen molar-refractivity contribution in [1.82, 2.24) is 0 Å². The van der Waals surface area contributed by atoms with E-state index in [0.717, 1.165) is 12.8 Å². The fraction of sp³-hybridized carbons (Fsp3) is 0.700. The summed E-state index contributed by atoms with van der Waals surface area (Å²) in [7, 11) is -3.21. The van der Waals surface area contributed by atoms with E-state index < -0.39 is 10.0 Å². The maximum absolute atomic E-state index is 11.9. The lowest BCUT2D eigenvalue weighted by atomic mass is 10.1. The molecule has 0 bridgehead atoms. The van der Waals surface area contributed by atoms with E-state index in [0.29, 0.717) is 17.4 Å². The fourth-order valence-electron chi connectivity index (χ4n) is 1.54. The third-order valence-corrected chi connectivity index (χ3v) is 4.55. The topological polar surface area (TPSA) is 37.1 Å². The molecule has 4 heteroatoms. The van der Waals surface area contributed by atoms with Gasteiger partial charge in [-0.1, -0.05) is 13.0 Å². The molecule has 80 valence electrons. The van der Waals surface area contributed by atoms with Crippen molar-refractivity contribution in [1.29, 1.82) is 0 Å². The molecule has 0 aromatic rings. The summed E-state index contributed by atoms with van der Waals surface area (Å²) in [5.41, 5.74) is 0. The molecule has 1 unspecified atom stereocenters. The van der Waals surface area contributed by atoms with Crippen molar-refractivity contribution < 1.29 is 12.4 Å². The maximum Gasteiger partial charge on any atom is 0.390 e. The summed E-state index contributed by atoms with van der Waals surface area (Å²) in [5, 5.41) is 0. The first-order valence-electron chi connectivity index (χ1n) is 4.98. The summed E-state index contributed by atoms with van der Waals surface area (Å²) in [6, 6.07) is 0. The smallest absolute Gasteiger partial charge is 0.159 e. The van der Waals surface area contributed by atoms with Crippen LogP contribution in [0.2, 0.25) is 0 Å². The lowest BCUT2D eigenvalue weighted by Gasteiger charge is -2.12. The van der Waals surface area contributed by atoms with Crippen molar-refractivity contribution in [2.75, 3.05) is 6.54 Å². The van der Waals surface area contributed by atoms with Gasteiger partial charge < -0.3 is 0 Å². The summed E-state index contributed by atoms with van der Waals surface area (Å²) in [6.07, 6.45) is 5.50. The second-order valence-corrected chi connectivity index (χ2v) is 5.85. The molecule has 0 aromatic carbocycles. The van der Waals surface area contributed by atoms with Gasteiger partial charge in [-0.2, -0.15) is 8.42 Å². The Morgan fingerprint density at radius 2 is 2.21 bits per heavy atom. The summed E-state index contributed by atoms with van der Waals surface area (Å²) in [6.45, 7) is 6.06. The van der Waals surface area contributed by atoms with E-state index in [1.807, 2.05) is 13.1 Å². The van der Waals surface area contributed by atoms with Crippen molar-refractivity contribution >= 4 is 16.2 Å². The highest BCUT2D eigenvalue weighted by Crippen LogP contribution is 2.15. The van der Waals surface area contributed by atoms with Gasteiger partial charge in [0.15, 0.2) is 12.8 Å². The van der Waals surface area contributed by atoms with Gasteiger partial charge in [0.1, 0.15) is 4.91 Å². The highest BCUT2D eigenvalue weighted by molar-refractivity contribution is 7.89. The van der Waals surface area contributed by atoms with Gasteiger partial charge in [0.2, 0.25) is 0 Å². The summed E-state index contributed by atoms with van der Waals surface area (Å²) in [4.78, 5) is 0.433. The molecule has 0 aromatic heterocycles. The Bertz CT molecular complexity index is 366. The predicted octanol–water partition coefficient (Wildman–Crippen LogP) is 1.75. The number of hydrogen-bond donors (Lipinski definition) is 0. The third kappa shape index (κ3) is 2.23. The van der Waals surface area contributed by atoms with Crippen LogP contribution in [-0.4, -0.2) is 25.2 Å². The van der Waals surface area contributed by atoms with E-state index >= 15 is 0 Å².